The van der Waals surface area contributed by atoms with E-state index >= 15 is 0 Å². The number of hydrogen-bond acceptors (Lipinski definition) is 3. The lowest BCUT2D eigenvalue weighted by atomic mass is 10.0. The van der Waals surface area contributed by atoms with Crippen LogP contribution in [0.3, 0.4) is 0 Å². The van der Waals surface area contributed by atoms with E-state index in [2.05, 4.69) is 30.4 Å². The summed E-state index contributed by atoms with van der Waals surface area (Å²) in [5.74, 6) is 3.28. The Bertz CT molecular complexity index is 401. The third-order valence-corrected chi connectivity index (χ3v) is 4.87. The number of ether oxygens (including phenoxy) is 1. The van der Waals surface area contributed by atoms with E-state index in [1.165, 1.54) is 11.1 Å². The Hall–Kier alpha value is -0.670. The fourth-order valence-corrected chi connectivity index (χ4v) is 3.15. The summed E-state index contributed by atoms with van der Waals surface area (Å²) < 4.78 is 6.06. The van der Waals surface area contributed by atoms with Crippen LogP contribution in [0.25, 0.3) is 0 Å². The van der Waals surface area contributed by atoms with E-state index in [9.17, 15) is 0 Å². The molecule has 0 spiro atoms. The first kappa shape index (κ1) is 10.5. The van der Waals surface area contributed by atoms with E-state index in [4.69, 9.17) is 4.74 Å². The van der Waals surface area contributed by atoms with Crippen molar-refractivity contribution in [1.29, 1.82) is 0 Å². The van der Waals surface area contributed by atoms with Crippen LogP contribution in [0.1, 0.15) is 18.1 Å². The average molecular weight is 235 g/mol. The second kappa shape index (κ2) is 3.97. The van der Waals surface area contributed by atoms with Gasteiger partial charge in [0, 0.05) is 18.1 Å². The summed E-state index contributed by atoms with van der Waals surface area (Å²) in [6.45, 7) is 4.29. The van der Waals surface area contributed by atoms with Crippen molar-refractivity contribution in [2.75, 3.05) is 18.1 Å². The van der Waals surface area contributed by atoms with Gasteiger partial charge in [-0.2, -0.15) is 11.8 Å². The van der Waals surface area contributed by atoms with Crippen LogP contribution in [0, 0.1) is 0 Å². The largest absolute Gasteiger partial charge is 0.486 e. The van der Waals surface area contributed by atoms with Crippen molar-refractivity contribution in [2.45, 2.75) is 25.5 Å². The van der Waals surface area contributed by atoms with Crippen molar-refractivity contribution in [3.8, 4) is 5.75 Å². The zero-order valence-electron chi connectivity index (χ0n) is 9.58. The quantitative estimate of drug-likeness (QED) is 0.849. The van der Waals surface area contributed by atoms with Crippen LogP contribution in [0.2, 0.25) is 0 Å². The van der Waals surface area contributed by atoms with Gasteiger partial charge in [-0.3, -0.25) is 0 Å². The van der Waals surface area contributed by atoms with Crippen LogP contribution >= 0.6 is 11.8 Å². The normalized spacial score (nSPS) is 22.1. The zero-order valence-corrected chi connectivity index (χ0v) is 10.4. The van der Waals surface area contributed by atoms with Crippen LogP contribution in [-0.4, -0.2) is 23.7 Å². The van der Waals surface area contributed by atoms with E-state index in [1.807, 2.05) is 11.8 Å². The molecule has 2 nitrogen and oxygen atoms in total. The van der Waals surface area contributed by atoms with Crippen molar-refractivity contribution in [1.82, 2.24) is 5.32 Å². The van der Waals surface area contributed by atoms with E-state index in [0.29, 0.717) is 0 Å². The summed E-state index contributed by atoms with van der Waals surface area (Å²) in [5.41, 5.74) is 2.95. The molecule has 3 rings (SSSR count). The van der Waals surface area contributed by atoms with Crippen molar-refractivity contribution >= 4 is 11.8 Å². The third kappa shape index (κ3) is 1.94. The molecule has 1 aromatic carbocycles. The van der Waals surface area contributed by atoms with Gasteiger partial charge in [0.05, 0.1) is 0 Å². The summed E-state index contributed by atoms with van der Waals surface area (Å²) in [4.78, 5) is 0. The molecule has 16 heavy (non-hydrogen) atoms. The number of thioether (sulfide) groups is 1. The highest BCUT2D eigenvalue weighted by Gasteiger charge is 2.35. The lowest BCUT2D eigenvalue weighted by molar-refractivity contribution is 0.129. The second-order valence-electron chi connectivity index (χ2n) is 4.90. The first-order valence-electron chi connectivity index (χ1n) is 5.84. The molecule has 2 aliphatic rings. The van der Waals surface area contributed by atoms with Crippen molar-refractivity contribution in [2.24, 2.45) is 0 Å². The monoisotopic (exact) mass is 235 g/mol. The minimum atomic E-state index is 0.0752. The molecule has 0 unspecified atom stereocenters. The van der Waals surface area contributed by atoms with E-state index in [0.717, 1.165) is 36.8 Å². The number of benzene rings is 1. The van der Waals surface area contributed by atoms with Crippen LogP contribution < -0.4 is 10.1 Å². The minimum Gasteiger partial charge on any atom is -0.486 e. The molecule has 2 aliphatic heterocycles. The molecule has 0 saturated carbocycles. The maximum atomic E-state index is 6.06. The van der Waals surface area contributed by atoms with Gasteiger partial charge in [0.2, 0.25) is 0 Å². The molecule has 0 amide bonds. The van der Waals surface area contributed by atoms with Crippen LogP contribution in [0.4, 0.5) is 0 Å². The molecule has 1 fully saturated rings. The maximum Gasteiger partial charge on any atom is 0.124 e. The number of nitrogens with one attached hydrogen (secondary N) is 1. The van der Waals surface area contributed by atoms with E-state index in [1.54, 1.807) is 0 Å². The molecule has 1 N–H and O–H groups in total. The highest BCUT2D eigenvalue weighted by atomic mass is 32.2. The smallest absolute Gasteiger partial charge is 0.124 e. The van der Waals surface area contributed by atoms with Gasteiger partial charge in [0.15, 0.2) is 0 Å². The Labute approximate surface area is 101 Å². The molecule has 0 aliphatic carbocycles. The molecule has 2 heterocycles. The predicted molar refractivity (Wildman–Crippen MR) is 68.2 cm³/mol. The first-order valence-corrected chi connectivity index (χ1v) is 7.00. The fraction of sp³-hybridized carbons (Fsp3) is 0.538. The van der Waals surface area contributed by atoms with Crippen molar-refractivity contribution in [3.05, 3.63) is 29.3 Å². The molecule has 0 aromatic heterocycles. The van der Waals surface area contributed by atoms with Gasteiger partial charge in [0.25, 0.3) is 0 Å². The molecule has 0 bridgehead atoms. The highest BCUT2D eigenvalue weighted by Crippen LogP contribution is 2.34. The Balaban J connectivity index is 1.80. The highest BCUT2D eigenvalue weighted by molar-refractivity contribution is 8.00. The van der Waals surface area contributed by atoms with E-state index < -0.39 is 0 Å². The molecular formula is C13H17NOS. The van der Waals surface area contributed by atoms with Gasteiger partial charge < -0.3 is 10.1 Å². The summed E-state index contributed by atoms with van der Waals surface area (Å²) in [7, 11) is 0. The molecule has 86 valence electrons. The predicted octanol–water partition coefficient (Wildman–Crippen LogP) is 2.22. The molecule has 1 saturated heterocycles. The summed E-state index contributed by atoms with van der Waals surface area (Å²) in [6, 6.07) is 6.54. The Kier molecular flexibility index (Phi) is 2.60. The second-order valence-corrected chi connectivity index (χ2v) is 5.89. The van der Waals surface area contributed by atoms with Crippen LogP contribution in [0.5, 0.6) is 5.75 Å². The van der Waals surface area contributed by atoms with Gasteiger partial charge >= 0.3 is 0 Å². The Morgan fingerprint density at radius 2 is 2.19 bits per heavy atom. The Morgan fingerprint density at radius 1 is 1.31 bits per heavy atom. The van der Waals surface area contributed by atoms with Crippen molar-refractivity contribution < 1.29 is 4.74 Å². The summed E-state index contributed by atoms with van der Waals surface area (Å²) in [6.07, 6.45) is 1.12. The van der Waals surface area contributed by atoms with Crippen molar-refractivity contribution in [3.63, 3.8) is 0 Å². The van der Waals surface area contributed by atoms with Gasteiger partial charge in [-0.05, 0) is 43.1 Å². The first-order chi connectivity index (χ1) is 7.75. The number of fused-ring (bicyclic) bond motifs is 1. The third-order valence-electron chi connectivity index (χ3n) is 3.24. The molecule has 0 atom stereocenters. The topological polar surface area (TPSA) is 21.3 Å². The molecule has 0 radical (unpaired) electrons. The van der Waals surface area contributed by atoms with Gasteiger partial charge in [-0.15, -0.1) is 0 Å². The number of hydrogen-bond donors (Lipinski definition) is 1. The lowest BCUT2D eigenvalue weighted by Gasteiger charge is -2.38. The van der Waals surface area contributed by atoms with Gasteiger partial charge in [-0.1, -0.05) is 6.07 Å². The van der Waals surface area contributed by atoms with Crippen LogP contribution in [-0.2, 0) is 13.0 Å². The maximum absolute atomic E-state index is 6.06. The summed E-state index contributed by atoms with van der Waals surface area (Å²) in [5, 5.41) is 3.39. The number of rotatable bonds is 2. The van der Waals surface area contributed by atoms with E-state index in [-0.39, 0.29) is 5.60 Å². The fourth-order valence-electron chi connectivity index (χ4n) is 2.25. The lowest BCUT2D eigenvalue weighted by Crippen LogP contribution is -2.45. The molecular weight excluding hydrogens is 218 g/mol. The standard InChI is InChI=1S/C13H17NOS/c1-13(8-16-9-13)15-12-3-2-11-7-14-5-4-10(11)6-12/h2-3,6,14H,4-5,7-9H2,1H3. The van der Waals surface area contributed by atoms with Gasteiger partial charge in [-0.25, -0.2) is 0 Å². The Morgan fingerprint density at radius 3 is 2.94 bits per heavy atom. The minimum absolute atomic E-state index is 0.0752. The van der Waals surface area contributed by atoms with Gasteiger partial charge in [0.1, 0.15) is 11.4 Å². The molecule has 1 aromatic rings. The SMILES string of the molecule is CC1(Oc2ccc3c(c2)CCNC3)CSC1. The molecule has 3 heteroatoms. The van der Waals surface area contributed by atoms with Crippen LogP contribution in [0.15, 0.2) is 18.2 Å². The summed E-state index contributed by atoms with van der Waals surface area (Å²) >= 11 is 1.96. The average Bonchev–Trinajstić information content (AvgIpc) is 2.27. The zero-order chi connectivity index (χ0) is 11.0.